The summed E-state index contributed by atoms with van der Waals surface area (Å²) >= 11 is 0. The molecular weight excluding hydrogens is 292 g/mol. The third kappa shape index (κ3) is 2.36. The molecule has 4 rings (SSSR count). The smallest absolute Gasteiger partial charge is 0.274 e. The number of nitrogens with two attached hydrogens (primary N) is 1. The minimum Gasteiger partial charge on any atom is -0.383 e. The van der Waals surface area contributed by atoms with Crippen molar-refractivity contribution in [1.29, 1.82) is 0 Å². The number of fused-ring (bicyclic) bond motifs is 2. The van der Waals surface area contributed by atoms with Crippen LogP contribution in [0.4, 0.5) is 5.82 Å². The highest BCUT2D eigenvalue weighted by atomic mass is 16.2. The zero-order chi connectivity index (χ0) is 15.8. The first-order valence-electron chi connectivity index (χ1n) is 7.31. The summed E-state index contributed by atoms with van der Waals surface area (Å²) in [7, 11) is 0. The van der Waals surface area contributed by atoms with Gasteiger partial charge in [-0.15, -0.1) is 0 Å². The molecule has 3 heterocycles. The second-order valence-electron chi connectivity index (χ2n) is 5.40. The van der Waals surface area contributed by atoms with Crippen LogP contribution in [0.3, 0.4) is 0 Å². The molecule has 0 fully saturated rings. The van der Waals surface area contributed by atoms with Gasteiger partial charge in [0.2, 0.25) is 0 Å². The van der Waals surface area contributed by atoms with Gasteiger partial charge in [-0.05, 0) is 18.6 Å². The Kier molecular flexibility index (Phi) is 3.11. The summed E-state index contributed by atoms with van der Waals surface area (Å²) < 4.78 is 0. The van der Waals surface area contributed by atoms with Crippen LogP contribution in [-0.4, -0.2) is 37.3 Å². The first-order valence-corrected chi connectivity index (χ1v) is 7.31. The van der Waals surface area contributed by atoms with Crippen molar-refractivity contribution in [1.82, 2.24) is 24.8 Å². The Labute approximate surface area is 132 Å². The van der Waals surface area contributed by atoms with Crippen LogP contribution in [0, 0.1) is 0 Å². The topological polar surface area (TPSA) is 97.9 Å². The summed E-state index contributed by atoms with van der Waals surface area (Å²) in [5.41, 5.74) is 9.41. The molecular formula is C16H14N6O. The van der Waals surface area contributed by atoms with Crippen LogP contribution in [0.1, 0.15) is 21.7 Å². The minimum absolute atomic E-state index is 0.147. The number of carbonyl (C=O) groups is 1. The Morgan fingerprint density at radius 1 is 1.13 bits per heavy atom. The van der Waals surface area contributed by atoms with Gasteiger partial charge in [0.25, 0.3) is 5.91 Å². The molecule has 1 aromatic carbocycles. The molecule has 1 aliphatic rings. The summed E-state index contributed by atoms with van der Waals surface area (Å²) in [4.78, 5) is 31.3. The first-order chi connectivity index (χ1) is 11.2. The number of aromatic nitrogens is 4. The van der Waals surface area contributed by atoms with Gasteiger partial charge in [0.1, 0.15) is 17.8 Å². The molecule has 3 aromatic rings. The quantitative estimate of drug-likeness (QED) is 0.725. The van der Waals surface area contributed by atoms with Crippen molar-refractivity contribution >= 4 is 22.8 Å². The van der Waals surface area contributed by atoms with E-state index in [9.17, 15) is 4.79 Å². The average molecular weight is 306 g/mol. The van der Waals surface area contributed by atoms with Gasteiger partial charge in [-0.2, -0.15) is 0 Å². The number of para-hydroxylation sites is 2. The maximum absolute atomic E-state index is 12.7. The Balaban J connectivity index is 1.64. The van der Waals surface area contributed by atoms with Crippen molar-refractivity contribution in [3.63, 3.8) is 0 Å². The lowest BCUT2D eigenvalue weighted by atomic mass is 10.1. The summed E-state index contributed by atoms with van der Waals surface area (Å²) in [5.74, 6) is 0.346. The lowest BCUT2D eigenvalue weighted by Gasteiger charge is -2.28. The zero-order valence-corrected chi connectivity index (χ0v) is 12.3. The number of hydrogen-bond donors (Lipinski definition) is 1. The van der Waals surface area contributed by atoms with Gasteiger partial charge < -0.3 is 10.6 Å². The minimum atomic E-state index is -0.147. The Morgan fingerprint density at radius 3 is 2.83 bits per heavy atom. The van der Waals surface area contributed by atoms with Crippen molar-refractivity contribution in [3.8, 4) is 0 Å². The van der Waals surface area contributed by atoms with Crippen LogP contribution in [0.15, 0.2) is 36.8 Å². The van der Waals surface area contributed by atoms with Gasteiger partial charge in [0, 0.05) is 12.1 Å². The number of anilines is 1. The Hall–Kier alpha value is -3.09. The Bertz CT molecular complexity index is 910. The van der Waals surface area contributed by atoms with E-state index < -0.39 is 0 Å². The molecule has 114 valence electrons. The maximum atomic E-state index is 12.7. The molecule has 0 saturated carbocycles. The van der Waals surface area contributed by atoms with Gasteiger partial charge in [-0.3, -0.25) is 9.78 Å². The van der Waals surface area contributed by atoms with E-state index in [0.29, 0.717) is 36.5 Å². The molecule has 23 heavy (non-hydrogen) atoms. The standard InChI is InChI=1S/C16H14N6O/c17-15-10-5-6-22(8-14(10)19-9-20-15)16(23)13-7-18-11-3-1-2-4-12(11)21-13/h1-4,7,9H,5-6,8H2,(H2,17,19,20). The fourth-order valence-corrected chi connectivity index (χ4v) is 2.78. The number of rotatable bonds is 1. The van der Waals surface area contributed by atoms with Crippen LogP contribution < -0.4 is 5.73 Å². The summed E-state index contributed by atoms with van der Waals surface area (Å²) in [6.45, 7) is 0.979. The molecule has 2 N–H and O–H groups in total. The molecule has 2 aromatic heterocycles. The van der Waals surface area contributed by atoms with E-state index in [0.717, 1.165) is 16.8 Å². The molecule has 0 bridgehead atoms. The van der Waals surface area contributed by atoms with Gasteiger partial charge >= 0.3 is 0 Å². The van der Waals surface area contributed by atoms with E-state index in [1.165, 1.54) is 12.5 Å². The predicted octanol–water partition coefficient (Wildman–Crippen LogP) is 1.20. The van der Waals surface area contributed by atoms with Crippen LogP contribution in [0.2, 0.25) is 0 Å². The Morgan fingerprint density at radius 2 is 1.96 bits per heavy atom. The number of nitrogen functional groups attached to an aromatic ring is 1. The van der Waals surface area contributed by atoms with Crippen molar-refractivity contribution in [2.75, 3.05) is 12.3 Å². The highest BCUT2D eigenvalue weighted by Crippen LogP contribution is 2.21. The lowest BCUT2D eigenvalue weighted by Crippen LogP contribution is -2.37. The average Bonchev–Trinajstić information content (AvgIpc) is 2.60. The van der Waals surface area contributed by atoms with E-state index in [1.54, 1.807) is 4.90 Å². The van der Waals surface area contributed by atoms with Crippen molar-refractivity contribution in [3.05, 3.63) is 53.7 Å². The first kappa shape index (κ1) is 13.6. The van der Waals surface area contributed by atoms with Crippen molar-refractivity contribution < 1.29 is 4.79 Å². The summed E-state index contributed by atoms with van der Waals surface area (Å²) in [5, 5.41) is 0. The SMILES string of the molecule is Nc1ncnc2c1CCN(C(=O)c1cnc3ccccc3n1)C2. The van der Waals surface area contributed by atoms with Crippen molar-refractivity contribution in [2.45, 2.75) is 13.0 Å². The normalized spacial score (nSPS) is 13.8. The number of nitrogens with zero attached hydrogens (tertiary/aromatic N) is 5. The van der Waals surface area contributed by atoms with E-state index in [2.05, 4.69) is 19.9 Å². The van der Waals surface area contributed by atoms with Gasteiger partial charge in [-0.25, -0.2) is 15.0 Å². The fourth-order valence-electron chi connectivity index (χ4n) is 2.78. The van der Waals surface area contributed by atoms with Crippen molar-refractivity contribution in [2.24, 2.45) is 0 Å². The molecule has 0 unspecified atom stereocenters. The van der Waals surface area contributed by atoms with Gasteiger partial charge in [0.05, 0.1) is 29.5 Å². The van der Waals surface area contributed by atoms with Crippen LogP contribution in [0.5, 0.6) is 0 Å². The van der Waals surface area contributed by atoms with E-state index in [1.807, 2.05) is 24.3 Å². The third-order valence-corrected chi connectivity index (χ3v) is 4.00. The zero-order valence-electron chi connectivity index (χ0n) is 12.3. The molecule has 0 aliphatic carbocycles. The molecule has 7 nitrogen and oxygen atoms in total. The summed E-state index contributed by atoms with van der Waals surface area (Å²) in [6, 6.07) is 7.48. The molecule has 0 saturated heterocycles. The molecule has 7 heteroatoms. The molecule has 1 aliphatic heterocycles. The highest BCUT2D eigenvalue weighted by Gasteiger charge is 2.25. The third-order valence-electron chi connectivity index (χ3n) is 4.00. The predicted molar refractivity (Wildman–Crippen MR) is 84.4 cm³/mol. The largest absolute Gasteiger partial charge is 0.383 e. The van der Waals surface area contributed by atoms with E-state index >= 15 is 0 Å². The van der Waals surface area contributed by atoms with E-state index in [4.69, 9.17) is 5.73 Å². The van der Waals surface area contributed by atoms with E-state index in [-0.39, 0.29) is 5.91 Å². The van der Waals surface area contributed by atoms with Gasteiger partial charge in [0.15, 0.2) is 0 Å². The van der Waals surface area contributed by atoms with Crippen LogP contribution >= 0.6 is 0 Å². The number of carbonyl (C=O) groups excluding carboxylic acids is 1. The fraction of sp³-hybridized carbons (Fsp3) is 0.188. The summed E-state index contributed by atoms with van der Waals surface area (Å²) in [6.07, 6.45) is 3.60. The molecule has 1 amide bonds. The second kappa shape index (κ2) is 5.28. The number of hydrogen-bond acceptors (Lipinski definition) is 6. The highest BCUT2D eigenvalue weighted by molar-refractivity contribution is 5.93. The molecule has 0 spiro atoms. The monoisotopic (exact) mass is 306 g/mol. The lowest BCUT2D eigenvalue weighted by molar-refractivity contribution is 0.0726. The number of amides is 1. The van der Waals surface area contributed by atoms with Crippen LogP contribution in [0.25, 0.3) is 11.0 Å². The number of benzene rings is 1. The van der Waals surface area contributed by atoms with Gasteiger partial charge in [-0.1, -0.05) is 12.1 Å². The maximum Gasteiger partial charge on any atom is 0.274 e. The second-order valence-corrected chi connectivity index (χ2v) is 5.40. The van der Waals surface area contributed by atoms with Crippen LogP contribution in [-0.2, 0) is 13.0 Å². The molecule has 0 atom stereocenters. The molecule has 0 radical (unpaired) electrons.